The molecule has 2 atom stereocenters. The van der Waals surface area contributed by atoms with Crippen molar-refractivity contribution < 1.29 is 22.4 Å². The lowest BCUT2D eigenvalue weighted by atomic mass is 9.95. The molecule has 45 heavy (non-hydrogen) atoms. The standard InChI is InChI=1S/C31H28ClF4N7O2/c1-5-19(44)41-8-10-42(11-9-41)29-16-12-18(32)27(20-21(33)23(35)24(36)25(38)22(20)34)40-30(16)43(31(45)17(29)13-37)28-15(4)6-7-39-26(28)14(2)3/h5-7,12,14,24-25H,1,8-11,38H2,2-4H3/t24?,25-/m0/s1. The Kier molecular flexibility index (Phi) is 8.57. The largest absolute Gasteiger partial charge is 0.366 e. The fourth-order valence-electron chi connectivity index (χ4n) is 5.66. The van der Waals surface area contributed by atoms with Crippen LogP contribution in [0.2, 0.25) is 5.02 Å². The zero-order valence-electron chi connectivity index (χ0n) is 24.5. The van der Waals surface area contributed by atoms with E-state index < -0.39 is 46.5 Å². The van der Waals surface area contributed by atoms with Crippen LogP contribution in [-0.2, 0) is 4.79 Å². The molecule has 4 heterocycles. The summed E-state index contributed by atoms with van der Waals surface area (Å²) in [6.45, 7) is 9.83. The monoisotopic (exact) mass is 641 g/mol. The van der Waals surface area contributed by atoms with Gasteiger partial charge in [-0.1, -0.05) is 32.0 Å². The number of nitrogens with two attached hydrogens (primary N) is 1. The second-order valence-electron chi connectivity index (χ2n) is 11.0. The van der Waals surface area contributed by atoms with Gasteiger partial charge in [0.05, 0.1) is 39.4 Å². The number of halogens is 5. The van der Waals surface area contributed by atoms with Crippen molar-refractivity contribution in [3.05, 3.63) is 86.4 Å². The van der Waals surface area contributed by atoms with Crippen LogP contribution >= 0.6 is 11.6 Å². The third-order valence-corrected chi connectivity index (χ3v) is 8.24. The summed E-state index contributed by atoms with van der Waals surface area (Å²) in [6, 6.07) is 2.76. The molecular weight excluding hydrogens is 614 g/mol. The van der Waals surface area contributed by atoms with Gasteiger partial charge in [0.2, 0.25) is 5.91 Å². The third kappa shape index (κ3) is 5.17. The number of allylic oxidation sites excluding steroid dienone is 2. The minimum Gasteiger partial charge on any atom is -0.366 e. The van der Waals surface area contributed by atoms with Crippen molar-refractivity contribution in [2.24, 2.45) is 5.73 Å². The number of nitrogens with zero attached hydrogens (tertiary/aromatic N) is 6. The Morgan fingerprint density at radius 1 is 1.20 bits per heavy atom. The first-order chi connectivity index (χ1) is 21.3. The number of hydrogen-bond donors (Lipinski definition) is 1. The molecule has 1 aliphatic heterocycles. The molecule has 0 spiro atoms. The average Bonchev–Trinajstić information content (AvgIpc) is 3.02. The first kappa shape index (κ1) is 31.9. The maximum atomic E-state index is 15.3. The van der Waals surface area contributed by atoms with Crippen LogP contribution in [0.3, 0.4) is 0 Å². The van der Waals surface area contributed by atoms with E-state index in [4.69, 9.17) is 17.3 Å². The van der Waals surface area contributed by atoms with Gasteiger partial charge in [-0.2, -0.15) is 5.26 Å². The van der Waals surface area contributed by atoms with E-state index in [2.05, 4.69) is 16.5 Å². The molecule has 2 aliphatic rings. The maximum Gasteiger partial charge on any atom is 0.276 e. The highest BCUT2D eigenvalue weighted by Gasteiger charge is 2.40. The molecule has 234 valence electrons. The summed E-state index contributed by atoms with van der Waals surface area (Å²) in [6.07, 6.45) is -0.0114. The highest BCUT2D eigenvalue weighted by atomic mass is 35.5. The molecule has 1 saturated heterocycles. The van der Waals surface area contributed by atoms with Crippen LogP contribution in [0.25, 0.3) is 22.3 Å². The number of hydrogen-bond acceptors (Lipinski definition) is 7. The van der Waals surface area contributed by atoms with E-state index in [-0.39, 0.29) is 71.0 Å². The Labute approximate surface area is 260 Å². The van der Waals surface area contributed by atoms with Gasteiger partial charge in [0.15, 0.2) is 17.8 Å². The summed E-state index contributed by atoms with van der Waals surface area (Å²) < 4.78 is 60.4. The number of anilines is 1. The fraction of sp³-hybridized carbons (Fsp3) is 0.323. The van der Waals surface area contributed by atoms with E-state index in [0.29, 0.717) is 11.3 Å². The van der Waals surface area contributed by atoms with E-state index in [1.165, 1.54) is 12.1 Å². The van der Waals surface area contributed by atoms with Crippen molar-refractivity contribution in [2.75, 3.05) is 31.1 Å². The number of pyridine rings is 3. The van der Waals surface area contributed by atoms with Crippen molar-refractivity contribution in [2.45, 2.75) is 38.9 Å². The highest BCUT2D eigenvalue weighted by Crippen LogP contribution is 2.43. The quantitative estimate of drug-likeness (QED) is 0.305. The number of piperazine rings is 1. The molecular formula is C31H28ClF4N7O2. The molecule has 3 aromatic heterocycles. The summed E-state index contributed by atoms with van der Waals surface area (Å²) in [7, 11) is 0. The van der Waals surface area contributed by atoms with Crippen LogP contribution < -0.4 is 16.2 Å². The Balaban J connectivity index is 1.90. The number of aromatic nitrogens is 3. The van der Waals surface area contributed by atoms with E-state index >= 15 is 8.78 Å². The average molecular weight is 642 g/mol. The van der Waals surface area contributed by atoms with Gasteiger partial charge in [0.1, 0.15) is 23.1 Å². The number of amides is 1. The molecule has 0 radical (unpaired) electrons. The molecule has 5 rings (SSSR count). The molecule has 1 fully saturated rings. The number of rotatable bonds is 5. The zero-order valence-corrected chi connectivity index (χ0v) is 25.3. The SMILES string of the molecule is C=CC(=O)N1CCN(c2c(C#N)c(=O)n(-c3c(C)ccnc3C(C)C)c3nc(C4=C(F)[C@H](N)C(F)C(F)=C4F)c(Cl)cc23)CC1. The minimum atomic E-state index is -2.76. The number of carbonyl (C=O) groups is 1. The molecule has 1 amide bonds. The van der Waals surface area contributed by atoms with Gasteiger partial charge in [-0.05, 0) is 36.6 Å². The van der Waals surface area contributed by atoms with Crippen LogP contribution in [0, 0.1) is 18.3 Å². The second-order valence-corrected chi connectivity index (χ2v) is 11.4. The molecule has 9 nitrogen and oxygen atoms in total. The summed E-state index contributed by atoms with van der Waals surface area (Å²) in [5, 5.41) is 10.1. The Morgan fingerprint density at radius 2 is 1.87 bits per heavy atom. The van der Waals surface area contributed by atoms with Crippen molar-refractivity contribution in [3.8, 4) is 11.8 Å². The van der Waals surface area contributed by atoms with Gasteiger partial charge in [-0.3, -0.25) is 19.1 Å². The number of nitriles is 1. The van der Waals surface area contributed by atoms with Gasteiger partial charge >= 0.3 is 0 Å². The van der Waals surface area contributed by atoms with Crippen molar-refractivity contribution >= 4 is 39.8 Å². The van der Waals surface area contributed by atoms with E-state index in [0.717, 1.165) is 4.57 Å². The Bertz CT molecular complexity index is 1920. The predicted octanol–water partition coefficient (Wildman–Crippen LogP) is 5.08. The molecule has 14 heteroatoms. The van der Waals surface area contributed by atoms with Gasteiger partial charge in [-0.25, -0.2) is 22.5 Å². The first-order valence-electron chi connectivity index (χ1n) is 14.0. The number of fused-ring (bicyclic) bond motifs is 1. The molecule has 0 bridgehead atoms. The zero-order chi connectivity index (χ0) is 32.9. The molecule has 2 N–H and O–H groups in total. The van der Waals surface area contributed by atoms with E-state index in [1.807, 2.05) is 19.9 Å². The fourth-order valence-corrected chi connectivity index (χ4v) is 5.91. The molecule has 1 aliphatic carbocycles. The van der Waals surface area contributed by atoms with Crippen LogP contribution in [0.15, 0.2) is 53.3 Å². The molecule has 3 aromatic rings. The van der Waals surface area contributed by atoms with Crippen LogP contribution in [-0.4, -0.2) is 63.7 Å². The topological polar surface area (TPSA) is 121 Å². The molecule has 1 unspecified atom stereocenters. The van der Waals surface area contributed by atoms with E-state index in [9.17, 15) is 23.6 Å². The number of aryl methyl sites for hydroxylation is 1. The Hall–Kier alpha value is -4.54. The van der Waals surface area contributed by atoms with Crippen molar-refractivity contribution in [3.63, 3.8) is 0 Å². The first-order valence-corrected chi connectivity index (χ1v) is 14.4. The second kappa shape index (κ2) is 12.1. The lowest BCUT2D eigenvalue weighted by Crippen LogP contribution is -2.49. The van der Waals surface area contributed by atoms with E-state index in [1.54, 1.807) is 29.0 Å². The summed E-state index contributed by atoms with van der Waals surface area (Å²) in [5.74, 6) is -5.78. The summed E-state index contributed by atoms with van der Waals surface area (Å²) in [4.78, 5) is 38.7. The predicted molar refractivity (Wildman–Crippen MR) is 163 cm³/mol. The molecule has 0 aromatic carbocycles. The number of carbonyl (C=O) groups excluding carboxylic acids is 1. The summed E-state index contributed by atoms with van der Waals surface area (Å²) >= 11 is 6.57. The smallest absolute Gasteiger partial charge is 0.276 e. The van der Waals surface area contributed by atoms with Crippen molar-refractivity contribution in [1.82, 2.24) is 19.4 Å². The maximum absolute atomic E-state index is 15.3. The van der Waals surface area contributed by atoms with Crippen LogP contribution in [0.5, 0.6) is 0 Å². The van der Waals surface area contributed by atoms with Crippen molar-refractivity contribution in [1.29, 1.82) is 5.26 Å². The molecule has 0 saturated carbocycles. The number of alkyl halides is 1. The van der Waals surface area contributed by atoms with Gasteiger partial charge in [-0.15, -0.1) is 0 Å². The van der Waals surface area contributed by atoms with Crippen LogP contribution in [0.1, 0.15) is 42.3 Å². The highest BCUT2D eigenvalue weighted by molar-refractivity contribution is 6.33. The lowest BCUT2D eigenvalue weighted by molar-refractivity contribution is -0.126. The lowest BCUT2D eigenvalue weighted by Gasteiger charge is -2.36. The normalized spacial score (nSPS) is 19.0. The van der Waals surface area contributed by atoms with Gasteiger partial charge < -0.3 is 15.5 Å². The third-order valence-electron chi connectivity index (χ3n) is 7.95. The van der Waals surface area contributed by atoms with Gasteiger partial charge in [0.25, 0.3) is 5.56 Å². The van der Waals surface area contributed by atoms with Crippen LogP contribution in [0.4, 0.5) is 23.2 Å². The van der Waals surface area contributed by atoms with Gasteiger partial charge in [0, 0.05) is 37.8 Å². The minimum absolute atomic E-state index is 0.147. The summed E-state index contributed by atoms with van der Waals surface area (Å²) in [5.41, 5.74) is 4.07. The Morgan fingerprint density at radius 3 is 2.47 bits per heavy atom.